The number of hydrazine groups is 1. The second-order valence-corrected chi connectivity index (χ2v) is 3.98. The maximum atomic E-state index is 6.11. The largest absolute Gasteiger partial charge is 0.337 e. The number of hydrogen-bond acceptors (Lipinski definition) is 4. The van der Waals surface area contributed by atoms with Crippen LogP contribution in [0.4, 0.5) is 5.69 Å². The molecule has 18 heavy (non-hydrogen) atoms. The Morgan fingerprint density at radius 1 is 1.28 bits per heavy atom. The van der Waals surface area contributed by atoms with Crippen LogP contribution in [0.15, 0.2) is 40.5 Å². The molecule has 1 aromatic carbocycles. The van der Waals surface area contributed by atoms with Crippen LogP contribution in [0.1, 0.15) is 0 Å². The van der Waals surface area contributed by atoms with Crippen molar-refractivity contribution in [3.63, 3.8) is 0 Å². The van der Waals surface area contributed by atoms with E-state index < -0.39 is 0 Å². The van der Waals surface area contributed by atoms with Crippen LogP contribution in [0.3, 0.4) is 0 Å². The third-order valence-electron chi connectivity index (χ3n) is 2.81. The first-order valence-corrected chi connectivity index (χ1v) is 5.92. The molecule has 1 fully saturated rings. The first-order chi connectivity index (χ1) is 8.83. The maximum absolute atomic E-state index is 6.11. The zero-order valence-corrected chi connectivity index (χ0v) is 10.3. The molecule has 0 spiro atoms. The Labute approximate surface area is 107 Å². The summed E-state index contributed by atoms with van der Waals surface area (Å²) >= 11 is 0. The van der Waals surface area contributed by atoms with Gasteiger partial charge in [0.25, 0.3) is 0 Å². The number of para-hydroxylation sites is 1. The molecule has 2 rings (SSSR count). The van der Waals surface area contributed by atoms with Crippen LogP contribution in [-0.4, -0.2) is 43.8 Å². The van der Waals surface area contributed by atoms with Crippen molar-refractivity contribution in [3.8, 4) is 0 Å². The highest BCUT2D eigenvalue weighted by Gasteiger charge is 2.19. The van der Waals surface area contributed by atoms with Crippen molar-refractivity contribution in [3.05, 3.63) is 30.3 Å². The minimum atomic E-state index is 0.623. The monoisotopic (exact) mass is 246 g/mol. The van der Waals surface area contributed by atoms with Gasteiger partial charge in [0.2, 0.25) is 5.96 Å². The SMILES string of the molecule is C=N/N=C(/N1CCNCC1)N(N)c1ccccc1. The van der Waals surface area contributed by atoms with Gasteiger partial charge in [0, 0.05) is 32.9 Å². The third-order valence-corrected chi connectivity index (χ3v) is 2.81. The van der Waals surface area contributed by atoms with E-state index >= 15 is 0 Å². The first-order valence-electron chi connectivity index (χ1n) is 5.92. The molecule has 6 heteroatoms. The van der Waals surface area contributed by atoms with Crippen LogP contribution < -0.4 is 16.2 Å². The number of anilines is 1. The Kier molecular flexibility index (Phi) is 4.27. The van der Waals surface area contributed by atoms with Gasteiger partial charge in [0.1, 0.15) is 0 Å². The number of guanidine groups is 1. The van der Waals surface area contributed by atoms with Crippen molar-refractivity contribution in [2.75, 3.05) is 31.2 Å². The summed E-state index contributed by atoms with van der Waals surface area (Å²) in [5.74, 6) is 6.73. The van der Waals surface area contributed by atoms with Crippen LogP contribution >= 0.6 is 0 Å². The van der Waals surface area contributed by atoms with Crippen molar-refractivity contribution in [1.82, 2.24) is 10.2 Å². The van der Waals surface area contributed by atoms with Crippen molar-refractivity contribution >= 4 is 18.4 Å². The van der Waals surface area contributed by atoms with E-state index in [1.165, 1.54) is 0 Å². The Hall–Kier alpha value is -1.92. The number of nitrogens with two attached hydrogens (primary N) is 1. The molecule has 0 aromatic heterocycles. The van der Waals surface area contributed by atoms with E-state index in [-0.39, 0.29) is 0 Å². The van der Waals surface area contributed by atoms with Gasteiger partial charge in [-0.3, -0.25) is 0 Å². The second-order valence-electron chi connectivity index (χ2n) is 3.98. The lowest BCUT2D eigenvalue weighted by Gasteiger charge is -2.33. The summed E-state index contributed by atoms with van der Waals surface area (Å²) < 4.78 is 0. The highest BCUT2D eigenvalue weighted by atomic mass is 15.5. The van der Waals surface area contributed by atoms with Gasteiger partial charge in [-0.05, 0) is 12.1 Å². The molecule has 0 aliphatic carbocycles. The lowest BCUT2D eigenvalue weighted by atomic mass is 10.3. The van der Waals surface area contributed by atoms with Gasteiger partial charge in [-0.2, -0.15) is 5.10 Å². The van der Waals surface area contributed by atoms with E-state index in [2.05, 4.69) is 27.1 Å². The molecule has 1 saturated heterocycles. The summed E-state index contributed by atoms with van der Waals surface area (Å²) in [5.41, 5.74) is 0.874. The minimum absolute atomic E-state index is 0.623. The van der Waals surface area contributed by atoms with Crippen LogP contribution in [-0.2, 0) is 0 Å². The first kappa shape index (κ1) is 12.5. The Morgan fingerprint density at radius 3 is 2.56 bits per heavy atom. The van der Waals surface area contributed by atoms with Gasteiger partial charge >= 0.3 is 0 Å². The van der Waals surface area contributed by atoms with Gasteiger partial charge < -0.3 is 10.2 Å². The molecule has 1 heterocycles. The summed E-state index contributed by atoms with van der Waals surface area (Å²) in [7, 11) is 0. The van der Waals surface area contributed by atoms with E-state index in [1.807, 2.05) is 30.3 Å². The summed E-state index contributed by atoms with van der Waals surface area (Å²) in [4.78, 5) is 2.10. The van der Waals surface area contributed by atoms with Gasteiger partial charge in [-0.15, -0.1) is 5.10 Å². The fraction of sp³-hybridized carbons (Fsp3) is 0.333. The van der Waals surface area contributed by atoms with E-state index in [0.717, 1.165) is 31.9 Å². The van der Waals surface area contributed by atoms with Crippen molar-refractivity contribution in [2.24, 2.45) is 16.0 Å². The number of rotatable bonds is 2. The fourth-order valence-electron chi connectivity index (χ4n) is 1.90. The molecule has 0 atom stereocenters. The van der Waals surface area contributed by atoms with Gasteiger partial charge in [0.15, 0.2) is 0 Å². The van der Waals surface area contributed by atoms with Crippen molar-refractivity contribution < 1.29 is 0 Å². The predicted octanol–water partition coefficient (Wildman–Crippen LogP) is 0.244. The van der Waals surface area contributed by atoms with E-state index in [0.29, 0.717) is 5.96 Å². The van der Waals surface area contributed by atoms with Gasteiger partial charge in [-0.1, -0.05) is 18.2 Å². The lowest BCUT2D eigenvalue weighted by Crippen LogP contribution is -2.54. The zero-order chi connectivity index (χ0) is 12.8. The molecule has 3 N–H and O–H groups in total. The second kappa shape index (κ2) is 6.13. The molecule has 96 valence electrons. The Morgan fingerprint density at radius 2 is 1.94 bits per heavy atom. The van der Waals surface area contributed by atoms with Crippen LogP contribution in [0.2, 0.25) is 0 Å². The molecule has 0 unspecified atom stereocenters. The van der Waals surface area contributed by atoms with E-state index in [1.54, 1.807) is 5.01 Å². The van der Waals surface area contributed by atoms with Crippen LogP contribution in [0.5, 0.6) is 0 Å². The normalized spacial score (nSPS) is 16.5. The van der Waals surface area contributed by atoms with E-state index in [4.69, 9.17) is 5.84 Å². The Bertz CT molecular complexity index is 410. The topological polar surface area (TPSA) is 69.2 Å². The molecule has 0 bridgehead atoms. The minimum Gasteiger partial charge on any atom is -0.337 e. The molecule has 1 aromatic rings. The van der Waals surface area contributed by atoms with Gasteiger partial charge in [0.05, 0.1) is 5.69 Å². The average molecular weight is 246 g/mol. The average Bonchev–Trinajstić information content (AvgIpc) is 2.46. The molecule has 0 saturated carbocycles. The number of piperazine rings is 1. The molecular weight excluding hydrogens is 228 g/mol. The predicted molar refractivity (Wildman–Crippen MR) is 74.5 cm³/mol. The van der Waals surface area contributed by atoms with Crippen molar-refractivity contribution in [2.45, 2.75) is 0 Å². The third kappa shape index (κ3) is 2.85. The summed E-state index contributed by atoms with van der Waals surface area (Å²) in [6, 6.07) is 9.68. The van der Waals surface area contributed by atoms with Gasteiger partial charge in [-0.25, -0.2) is 10.9 Å². The highest BCUT2D eigenvalue weighted by Crippen LogP contribution is 2.12. The highest BCUT2D eigenvalue weighted by molar-refractivity contribution is 5.95. The fourth-order valence-corrected chi connectivity index (χ4v) is 1.90. The number of nitrogens with zero attached hydrogens (tertiary/aromatic N) is 4. The zero-order valence-electron chi connectivity index (χ0n) is 10.3. The molecule has 1 aliphatic heterocycles. The summed E-state index contributed by atoms with van der Waals surface area (Å²) in [6.45, 7) is 6.95. The quantitative estimate of drug-likeness (QED) is 0.339. The summed E-state index contributed by atoms with van der Waals surface area (Å²) in [5, 5.41) is 12.5. The molecule has 0 amide bonds. The standard InChI is InChI=1S/C12H18N6/c1-14-16-12(17-9-7-15-8-10-17)18(13)11-5-3-2-4-6-11/h2-6,15H,1,7-10,13H2/b16-12-. The lowest BCUT2D eigenvalue weighted by molar-refractivity contribution is 0.351. The maximum Gasteiger partial charge on any atom is 0.240 e. The summed E-state index contributed by atoms with van der Waals surface area (Å²) in [6.07, 6.45) is 0. The van der Waals surface area contributed by atoms with Crippen LogP contribution in [0.25, 0.3) is 0 Å². The molecule has 1 aliphatic rings. The number of hydrogen-bond donors (Lipinski definition) is 2. The number of benzene rings is 1. The Balaban J connectivity index is 2.19. The smallest absolute Gasteiger partial charge is 0.240 e. The van der Waals surface area contributed by atoms with Crippen LogP contribution in [0, 0.1) is 0 Å². The number of nitrogens with one attached hydrogen (secondary N) is 1. The molecular formula is C12H18N6. The molecule has 6 nitrogen and oxygen atoms in total. The van der Waals surface area contributed by atoms with Crippen molar-refractivity contribution in [1.29, 1.82) is 0 Å². The van der Waals surface area contributed by atoms with E-state index in [9.17, 15) is 0 Å². The molecule has 0 radical (unpaired) electrons.